The molecule has 1 saturated carbocycles. The zero-order chi connectivity index (χ0) is 12.5. The van der Waals surface area contributed by atoms with Crippen LogP contribution in [0.4, 0.5) is 0 Å². The number of sulfonamides is 1. The summed E-state index contributed by atoms with van der Waals surface area (Å²) in [6.07, 6.45) is 3.18. The molecule has 0 spiro atoms. The number of hydrogen-bond donors (Lipinski definition) is 2. The van der Waals surface area contributed by atoms with Crippen LogP contribution in [-0.2, 0) is 14.8 Å². The Morgan fingerprint density at radius 3 is 2.53 bits per heavy atom. The molecule has 0 bridgehead atoms. The first-order valence-electron chi connectivity index (χ1n) is 5.97. The van der Waals surface area contributed by atoms with Gasteiger partial charge in [0.1, 0.15) is 6.04 Å². The van der Waals surface area contributed by atoms with E-state index in [9.17, 15) is 13.2 Å². The highest BCUT2D eigenvalue weighted by Crippen LogP contribution is 2.28. The minimum Gasteiger partial charge on any atom is -0.480 e. The minimum absolute atomic E-state index is 0.196. The Morgan fingerprint density at radius 1 is 1.29 bits per heavy atom. The van der Waals surface area contributed by atoms with Crippen LogP contribution in [0.5, 0.6) is 0 Å². The van der Waals surface area contributed by atoms with E-state index >= 15 is 0 Å². The summed E-state index contributed by atoms with van der Waals surface area (Å²) in [6, 6.07) is -0.950. The van der Waals surface area contributed by atoms with Crippen molar-refractivity contribution in [2.45, 2.75) is 37.0 Å². The van der Waals surface area contributed by atoms with Crippen molar-refractivity contribution in [1.82, 2.24) is 9.62 Å². The lowest BCUT2D eigenvalue weighted by atomic mass is 10.2. The number of carboxylic acid groups (broad SMARTS) is 1. The van der Waals surface area contributed by atoms with Gasteiger partial charge in [-0.2, -0.15) is 4.31 Å². The topological polar surface area (TPSA) is 86.7 Å². The van der Waals surface area contributed by atoms with E-state index in [-0.39, 0.29) is 18.3 Å². The lowest BCUT2D eigenvalue weighted by Crippen LogP contribution is -2.58. The predicted molar refractivity (Wildman–Crippen MR) is 62.2 cm³/mol. The van der Waals surface area contributed by atoms with Gasteiger partial charge in [-0.1, -0.05) is 12.8 Å². The van der Waals surface area contributed by atoms with Gasteiger partial charge in [0.15, 0.2) is 0 Å². The summed E-state index contributed by atoms with van der Waals surface area (Å²) in [6.45, 7) is 0.979. The molecule has 1 aliphatic carbocycles. The molecule has 0 amide bonds. The van der Waals surface area contributed by atoms with Crippen molar-refractivity contribution in [1.29, 1.82) is 0 Å². The summed E-state index contributed by atoms with van der Waals surface area (Å²) >= 11 is 0. The van der Waals surface area contributed by atoms with Gasteiger partial charge in [0.2, 0.25) is 10.0 Å². The maximum absolute atomic E-state index is 12.3. The summed E-state index contributed by atoms with van der Waals surface area (Å²) in [5.74, 6) is -1.07. The summed E-state index contributed by atoms with van der Waals surface area (Å²) in [4.78, 5) is 11.1. The average Bonchev–Trinajstić information content (AvgIpc) is 2.83. The Labute approximate surface area is 101 Å². The van der Waals surface area contributed by atoms with Gasteiger partial charge in [-0.3, -0.25) is 4.79 Å². The second-order valence-corrected chi connectivity index (χ2v) is 6.79. The molecule has 17 heavy (non-hydrogen) atoms. The van der Waals surface area contributed by atoms with Crippen LogP contribution in [0.3, 0.4) is 0 Å². The smallest absolute Gasteiger partial charge is 0.323 e. The molecule has 6 nitrogen and oxygen atoms in total. The van der Waals surface area contributed by atoms with E-state index in [1.54, 1.807) is 0 Å². The number of hydrogen-bond acceptors (Lipinski definition) is 4. The molecule has 2 fully saturated rings. The quantitative estimate of drug-likeness (QED) is 0.724. The van der Waals surface area contributed by atoms with Crippen molar-refractivity contribution in [2.75, 3.05) is 19.6 Å². The SMILES string of the molecule is O=C(O)C1CNCCN1S(=O)(=O)C1CCCC1. The highest BCUT2D eigenvalue weighted by atomic mass is 32.2. The number of carboxylic acids is 1. The van der Waals surface area contributed by atoms with Crippen LogP contribution < -0.4 is 5.32 Å². The molecule has 98 valence electrons. The summed E-state index contributed by atoms with van der Waals surface area (Å²) < 4.78 is 25.9. The van der Waals surface area contributed by atoms with E-state index in [1.165, 1.54) is 4.31 Å². The van der Waals surface area contributed by atoms with Gasteiger partial charge in [-0.15, -0.1) is 0 Å². The Hall–Kier alpha value is -0.660. The molecule has 2 aliphatic rings. The number of nitrogens with zero attached hydrogens (tertiary/aromatic N) is 1. The molecule has 2 N–H and O–H groups in total. The van der Waals surface area contributed by atoms with E-state index < -0.39 is 22.0 Å². The molecule has 7 heteroatoms. The highest BCUT2D eigenvalue weighted by molar-refractivity contribution is 7.89. The molecule has 1 atom stereocenters. The van der Waals surface area contributed by atoms with Crippen molar-refractivity contribution >= 4 is 16.0 Å². The fourth-order valence-corrected chi connectivity index (χ4v) is 4.76. The predicted octanol–water partition coefficient (Wildman–Crippen LogP) is -0.383. The van der Waals surface area contributed by atoms with Crippen LogP contribution in [0, 0.1) is 0 Å². The van der Waals surface area contributed by atoms with Crippen LogP contribution >= 0.6 is 0 Å². The van der Waals surface area contributed by atoms with Gasteiger partial charge in [-0.25, -0.2) is 8.42 Å². The van der Waals surface area contributed by atoms with Gasteiger partial charge in [-0.05, 0) is 12.8 Å². The Morgan fingerprint density at radius 2 is 1.94 bits per heavy atom. The molecular weight excluding hydrogens is 244 g/mol. The number of nitrogens with one attached hydrogen (secondary N) is 1. The molecule has 1 unspecified atom stereocenters. The van der Waals surface area contributed by atoms with Crippen molar-refractivity contribution in [2.24, 2.45) is 0 Å². The minimum atomic E-state index is -3.44. The standard InChI is InChI=1S/C10H18N2O4S/c13-10(14)9-7-11-5-6-12(9)17(15,16)8-3-1-2-4-8/h8-9,11H,1-7H2,(H,13,14). The summed E-state index contributed by atoms with van der Waals surface area (Å²) in [5.41, 5.74) is 0. The molecule has 1 saturated heterocycles. The highest BCUT2D eigenvalue weighted by Gasteiger charge is 2.41. The van der Waals surface area contributed by atoms with Gasteiger partial charge in [0.25, 0.3) is 0 Å². The maximum atomic E-state index is 12.3. The molecule has 0 aromatic heterocycles. The van der Waals surface area contributed by atoms with E-state index in [1.807, 2.05) is 0 Å². The van der Waals surface area contributed by atoms with Crippen molar-refractivity contribution < 1.29 is 18.3 Å². The molecule has 1 heterocycles. The second-order valence-electron chi connectivity index (χ2n) is 4.62. The fourth-order valence-electron chi connectivity index (χ4n) is 2.58. The third-order valence-corrected chi connectivity index (χ3v) is 5.93. The molecule has 0 aromatic rings. The first-order valence-corrected chi connectivity index (χ1v) is 7.48. The molecule has 0 aromatic carbocycles. The Kier molecular flexibility index (Phi) is 3.70. The first kappa shape index (κ1) is 12.8. The molecule has 0 radical (unpaired) electrons. The zero-order valence-corrected chi connectivity index (χ0v) is 10.4. The number of aliphatic carboxylic acids is 1. The van der Waals surface area contributed by atoms with E-state index in [2.05, 4.69) is 5.32 Å². The zero-order valence-electron chi connectivity index (χ0n) is 9.63. The number of carbonyl (C=O) groups is 1. The van der Waals surface area contributed by atoms with Crippen molar-refractivity contribution in [3.05, 3.63) is 0 Å². The van der Waals surface area contributed by atoms with Crippen LogP contribution in [-0.4, -0.2) is 54.7 Å². The number of rotatable bonds is 3. The number of piperazine rings is 1. The third kappa shape index (κ3) is 2.46. The van der Waals surface area contributed by atoms with E-state index in [0.29, 0.717) is 19.4 Å². The van der Waals surface area contributed by atoms with E-state index in [0.717, 1.165) is 12.8 Å². The lowest BCUT2D eigenvalue weighted by Gasteiger charge is -2.34. The summed E-state index contributed by atoms with van der Waals surface area (Å²) in [5, 5.41) is 11.6. The van der Waals surface area contributed by atoms with Crippen LogP contribution in [0.1, 0.15) is 25.7 Å². The molecular formula is C10H18N2O4S. The molecule has 2 rings (SSSR count). The van der Waals surface area contributed by atoms with Gasteiger partial charge < -0.3 is 10.4 Å². The normalized spacial score (nSPS) is 28.4. The van der Waals surface area contributed by atoms with Gasteiger partial charge in [0, 0.05) is 19.6 Å². The largest absolute Gasteiger partial charge is 0.480 e. The second kappa shape index (κ2) is 4.91. The van der Waals surface area contributed by atoms with Crippen molar-refractivity contribution in [3.8, 4) is 0 Å². The van der Waals surface area contributed by atoms with Crippen molar-refractivity contribution in [3.63, 3.8) is 0 Å². The fraction of sp³-hybridized carbons (Fsp3) is 0.900. The molecule has 1 aliphatic heterocycles. The van der Waals surface area contributed by atoms with Crippen LogP contribution in [0.15, 0.2) is 0 Å². The van der Waals surface area contributed by atoms with Crippen LogP contribution in [0.25, 0.3) is 0 Å². The van der Waals surface area contributed by atoms with E-state index in [4.69, 9.17) is 5.11 Å². The van der Waals surface area contributed by atoms with Gasteiger partial charge in [0.05, 0.1) is 5.25 Å². The van der Waals surface area contributed by atoms with Gasteiger partial charge >= 0.3 is 5.97 Å². The monoisotopic (exact) mass is 262 g/mol. The van der Waals surface area contributed by atoms with Crippen LogP contribution in [0.2, 0.25) is 0 Å². The first-order chi connectivity index (χ1) is 8.03. The average molecular weight is 262 g/mol. The Balaban J connectivity index is 2.20. The third-order valence-electron chi connectivity index (χ3n) is 3.53. The Bertz CT molecular complexity index is 389. The maximum Gasteiger partial charge on any atom is 0.323 e. The summed E-state index contributed by atoms with van der Waals surface area (Å²) in [7, 11) is -3.44. The lowest BCUT2D eigenvalue weighted by molar-refractivity contribution is -0.141.